The van der Waals surface area contributed by atoms with Crippen LogP contribution in [0.5, 0.6) is 0 Å². The standard InChI is InChI=1S/C13H19ClN2/c14-12-5-3-10(4-6-12)13(8-15)11-2-1-7-16-9-11/h3-6,11,13,16H,1-2,7-9,15H2. The molecule has 1 aliphatic heterocycles. The summed E-state index contributed by atoms with van der Waals surface area (Å²) >= 11 is 5.90. The molecular weight excluding hydrogens is 220 g/mol. The van der Waals surface area contributed by atoms with Crippen LogP contribution < -0.4 is 11.1 Å². The van der Waals surface area contributed by atoms with Gasteiger partial charge in [-0.15, -0.1) is 0 Å². The fraction of sp³-hybridized carbons (Fsp3) is 0.538. The van der Waals surface area contributed by atoms with Gasteiger partial charge in [0.1, 0.15) is 0 Å². The summed E-state index contributed by atoms with van der Waals surface area (Å²) < 4.78 is 0. The number of piperidine rings is 1. The number of nitrogens with two attached hydrogens (primary N) is 1. The maximum Gasteiger partial charge on any atom is 0.0406 e. The van der Waals surface area contributed by atoms with Gasteiger partial charge < -0.3 is 11.1 Å². The van der Waals surface area contributed by atoms with Gasteiger partial charge in [0.05, 0.1) is 0 Å². The predicted molar refractivity (Wildman–Crippen MR) is 68.8 cm³/mol. The lowest BCUT2D eigenvalue weighted by atomic mass is 9.81. The van der Waals surface area contributed by atoms with Gasteiger partial charge in [-0.2, -0.15) is 0 Å². The fourth-order valence-electron chi connectivity index (χ4n) is 2.53. The van der Waals surface area contributed by atoms with Crippen molar-refractivity contribution in [1.82, 2.24) is 5.32 Å². The Morgan fingerprint density at radius 2 is 2.12 bits per heavy atom. The van der Waals surface area contributed by atoms with Gasteiger partial charge in [0.25, 0.3) is 0 Å². The summed E-state index contributed by atoms with van der Waals surface area (Å²) in [6, 6.07) is 8.12. The Kier molecular flexibility index (Phi) is 4.22. The molecule has 0 amide bonds. The zero-order valence-corrected chi connectivity index (χ0v) is 10.2. The molecular formula is C13H19ClN2. The second-order valence-corrected chi connectivity index (χ2v) is 4.94. The number of rotatable bonds is 3. The van der Waals surface area contributed by atoms with Crippen LogP contribution in [0, 0.1) is 5.92 Å². The van der Waals surface area contributed by atoms with E-state index in [1.54, 1.807) is 0 Å². The zero-order chi connectivity index (χ0) is 11.4. The van der Waals surface area contributed by atoms with E-state index in [0.29, 0.717) is 18.4 Å². The highest BCUT2D eigenvalue weighted by atomic mass is 35.5. The Labute approximate surface area is 102 Å². The van der Waals surface area contributed by atoms with E-state index in [0.717, 1.165) is 18.1 Å². The van der Waals surface area contributed by atoms with E-state index in [2.05, 4.69) is 17.4 Å². The van der Waals surface area contributed by atoms with Crippen molar-refractivity contribution < 1.29 is 0 Å². The van der Waals surface area contributed by atoms with Gasteiger partial charge in [0.2, 0.25) is 0 Å². The van der Waals surface area contributed by atoms with Crippen LogP contribution in [-0.4, -0.2) is 19.6 Å². The molecule has 2 nitrogen and oxygen atoms in total. The molecule has 0 saturated carbocycles. The number of hydrogen-bond donors (Lipinski definition) is 2. The van der Waals surface area contributed by atoms with Crippen LogP contribution in [0.4, 0.5) is 0 Å². The monoisotopic (exact) mass is 238 g/mol. The first-order chi connectivity index (χ1) is 7.81. The minimum Gasteiger partial charge on any atom is -0.330 e. The molecule has 1 saturated heterocycles. The average molecular weight is 239 g/mol. The van der Waals surface area contributed by atoms with E-state index in [4.69, 9.17) is 17.3 Å². The molecule has 3 heteroatoms. The molecule has 1 fully saturated rings. The van der Waals surface area contributed by atoms with Gasteiger partial charge in [-0.1, -0.05) is 23.7 Å². The number of hydrogen-bond acceptors (Lipinski definition) is 2. The Bertz CT molecular complexity index is 317. The van der Waals surface area contributed by atoms with E-state index in [1.807, 2.05) is 12.1 Å². The summed E-state index contributed by atoms with van der Waals surface area (Å²) in [5.41, 5.74) is 7.23. The van der Waals surface area contributed by atoms with Crippen LogP contribution in [0.2, 0.25) is 5.02 Å². The van der Waals surface area contributed by atoms with Crippen LogP contribution in [0.15, 0.2) is 24.3 Å². The second kappa shape index (κ2) is 5.67. The molecule has 1 aliphatic rings. The molecule has 3 N–H and O–H groups in total. The van der Waals surface area contributed by atoms with E-state index < -0.39 is 0 Å². The van der Waals surface area contributed by atoms with Gasteiger partial charge in [0, 0.05) is 10.9 Å². The number of nitrogens with one attached hydrogen (secondary N) is 1. The van der Waals surface area contributed by atoms with Crippen molar-refractivity contribution in [2.45, 2.75) is 18.8 Å². The normalized spacial score (nSPS) is 23.0. The Balaban J connectivity index is 2.11. The third kappa shape index (κ3) is 2.76. The maximum absolute atomic E-state index is 5.91. The first-order valence-corrected chi connectivity index (χ1v) is 6.35. The summed E-state index contributed by atoms with van der Waals surface area (Å²) in [5, 5.41) is 4.24. The topological polar surface area (TPSA) is 38.0 Å². The highest BCUT2D eigenvalue weighted by Crippen LogP contribution is 2.29. The van der Waals surface area contributed by atoms with Gasteiger partial charge in [-0.25, -0.2) is 0 Å². The van der Waals surface area contributed by atoms with Crippen molar-refractivity contribution in [3.05, 3.63) is 34.9 Å². The quantitative estimate of drug-likeness (QED) is 0.849. The second-order valence-electron chi connectivity index (χ2n) is 4.50. The molecule has 0 aromatic heterocycles. The lowest BCUT2D eigenvalue weighted by molar-refractivity contribution is 0.325. The molecule has 16 heavy (non-hydrogen) atoms. The SMILES string of the molecule is NCC(c1ccc(Cl)cc1)C1CCCNC1. The molecule has 1 heterocycles. The summed E-state index contributed by atoms with van der Waals surface area (Å²) in [6.07, 6.45) is 2.53. The molecule has 1 aromatic carbocycles. The van der Waals surface area contributed by atoms with Crippen LogP contribution >= 0.6 is 11.6 Å². The van der Waals surface area contributed by atoms with E-state index in [9.17, 15) is 0 Å². The summed E-state index contributed by atoms with van der Waals surface area (Å²) in [4.78, 5) is 0. The van der Waals surface area contributed by atoms with Crippen molar-refractivity contribution in [1.29, 1.82) is 0 Å². The van der Waals surface area contributed by atoms with E-state index >= 15 is 0 Å². The van der Waals surface area contributed by atoms with E-state index in [-0.39, 0.29) is 0 Å². The summed E-state index contributed by atoms with van der Waals surface area (Å²) in [5.74, 6) is 1.13. The lowest BCUT2D eigenvalue weighted by Crippen LogP contribution is -2.35. The Hall–Kier alpha value is -0.570. The molecule has 0 spiro atoms. The fourth-order valence-corrected chi connectivity index (χ4v) is 2.66. The van der Waals surface area contributed by atoms with Crippen LogP contribution in [0.3, 0.4) is 0 Å². The molecule has 0 aliphatic carbocycles. The minimum absolute atomic E-state index is 0.463. The van der Waals surface area contributed by atoms with Crippen molar-refractivity contribution in [2.24, 2.45) is 11.7 Å². The number of benzene rings is 1. The highest BCUT2D eigenvalue weighted by Gasteiger charge is 2.23. The van der Waals surface area contributed by atoms with E-state index in [1.165, 1.54) is 18.4 Å². The molecule has 2 rings (SSSR count). The average Bonchev–Trinajstić information content (AvgIpc) is 2.34. The van der Waals surface area contributed by atoms with Crippen molar-refractivity contribution in [2.75, 3.05) is 19.6 Å². The van der Waals surface area contributed by atoms with Crippen molar-refractivity contribution in [3.8, 4) is 0 Å². The van der Waals surface area contributed by atoms with Crippen LogP contribution in [0.25, 0.3) is 0 Å². The Morgan fingerprint density at radius 1 is 1.38 bits per heavy atom. The molecule has 2 unspecified atom stereocenters. The smallest absolute Gasteiger partial charge is 0.0406 e. The maximum atomic E-state index is 5.91. The van der Waals surface area contributed by atoms with Gasteiger partial charge >= 0.3 is 0 Å². The van der Waals surface area contributed by atoms with Gasteiger partial charge in [0.15, 0.2) is 0 Å². The van der Waals surface area contributed by atoms with Gasteiger partial charge in [-0.05, 0) is 56.1 Å². The summed E-state index contributed by atoms with van der Waals surface area (Å²) in [6.45, 7) is 2.95. The lowest BCUT2D eigenvalue weighted by Gasteiger charge is -2.30. The molecule has 88 valence electrons. The Morgan fingerprint density at radius 3 is 2.69 bits per heavy atom. The zero-order valence-electron chi connectivity index (χ0n) is 9.45. The van der Waals surface area contributed by atoms with Crippen molar-refractivity contribution in [3.63, 3.8) is 0 Å². The predicted octanol–water partition coefficient (Wildman–Crippen LogP) is 2.38. The largest absolute Gasteiger partial charge is 0.330 e. The molecule has 2 atom stereocenters. The third-order valence-electron chi connectivity index (χ3n) is 3.46. The van der Waals surface area contributed by atoms with Crippen LogP contribution in [-0.2, 0) is 0 Å². The summed E-state index contributed by atoms with van der Waals surface area (Å²) in [7, 11) is 0. The highest BCUT2D eigenvalue weighted by molar-refractivity contribution is 6.30. The van der Waals surface area contributed by atoms with Crippen LogP contribution in [0.1, 0.15) is 24.3 Å². The molecule has 1 aromatic rings. The third-order valence-corrected chi connectivity index (χ3v) is 3.71. The minimum atomic E-state index is 0.463. The van der Waals surface area contributed by atoms with Gasteiger partial charge in [-0.3, -0.25) is 0 Å². The van der Waals surface area contributed by atoms with Crippen molar-refractivity contribution >= 4 is 11.6 Å². The molecule has 0 radical (unpaired) electrons. The molecule has 0 bridgehead atoms. The first-order valence-electron chi connectivity index (χ1n) is 5.97. The first kappa shape index (κ1) is 11.9. The number of halogens is 1.